The fraction of sp³-hybridized carbons (Fsp3) is 0.696. The molecule has 3 nitrogen and oxygen atoms in total. The van der Waals surface area contributed by atoms with Gasteiger partial charge < -0.3 is 9.84 Å². The lowest BCUT2D eigenvalue weighted by Gasteiger charge is -2.14. The van der Waals surface area contributed by atoms with Crippen LogP contribution in [0.1, 0.15) is 107 Å². The number of unbranched alkanes of at least 4 members (excludes halogenated alkanes) is 12. The molecule has 154 valence electrons. The Balaban J connectivity index is 1.97. The van der Waals surface area contributed by atoms with Gasteiger partial charge in [-0.3, -0.25) is 0 Å². The van der Waals surface area contributed by atoms with Crippen molar-refractivity contribution in [2.75, 3.05) is 0 Å². The first kappa shape index (κ1) is 23.8. The average molecular weight is 397 g/mol. The van der Waals surface area contributed by atoms with Crippen molar-refractivity contribution < 1.29 is 14.6 Å². The molecule has 1 aromatic rings. The minimum absolute atomic E-state index is 0.161. The number of alkyl halides is 1. The molecule has 0 aliphatic rings. The highest BCUT2D eigenvalue weighted by Crippen LogP contribution is 2.22. The number of carboxylic acid groups (broad SMARTS) is 1. The second kappa shape index (κ2) is 15.8. The van der Waals surface area contributed by atoms with E-state index in [1.807, 2.05) is 0 Å². The van der Waals surface area contributed by atoms with E-state index in [0.29, 0.717) is 5.75 Å². The number of benzene rings is 1. The summed E-state index contributed by atoms with van der Waals surface area (Å²) >= 11 is 6.22. The number of carboxylic acids is 1. The van der Waals surface area contributed by atoms with Crippen LogP contribution in [0.4, 0.5) is 0 Å². The van der Waals surface area contributed by atoms with Gasteiger partial charge in [-0.25, -0.2) is 4.79 Å². The van der Waals surface area contributed by atoms with Crippen LogP contribution in [0.3, 0.4) is 0 Å². The summed E-state index contributed by atoms with van der Waals surface area (Å²) < 4.78 is 5.60. The predicted octanol–water partition coefficient (Wildman–Crippen LogP) is 7.81. The van der Waals surface area contributed by atoms with E-state index in [1.54, 1.807) is 18.2 Å². The molecule has 0 spiro atoms. The number of halogens is 1. The van der Waals surface area contributed by atoms with Crippen LogP contribution in [0, 0.1) is 0 Å². The van der Waals surface area contributed by atoms with E-state index < -0.39 is 11.5 Å². The molecular weight excluding hydrogens is 360 g/mol. The SMILES string of the molecule is CCCCCCCCCCCCCCCC(Cl)Oc1ccccc1C(=O)O. The highest BCUT2D eigenvalue weighted by atomic mass is 35.5. The summed E-state index contributed by atoms with van der Waals surface area (Å²) in [5, 5.41) is 9.15. The van der Waals surface area contributed by atoms with Gasteiger partial charge in [0.2, 0.25) is 0 Å². The van der Waals surface area contributed by atoms with E-state index >= 15 is 0 Å². The fourth-order valence-corrected chi connectivity index (χ4v) is 3.52. The summed E-state index contributed by atoms with van der Waals surface area (Å²) in [7, 11) is 0. The Labute approximate surface area is 170 Å². The van der Waals surface area contributed by atoms with Crippen LogP contribution in [-0.2, 0) is 0 Å². The monoisotopic (exact) mass is 396 g/mol. The minimum atomic E-state index is -0.990. The molecular formula is C23H37ClO3. The Hall–Kier alpha value is -1.22. The summed E-state index contributed by atoms with van der Waals surface area (Å²) in [6.45, 7) is 2.26. The van der Waals surface area contributed by atoms with Crippen molar-refractivity contribution in [1.82, 2.24) is 0 Å². The zero-order valence-electron chi connectivity index (χ0n) is 16.9. The van der Waals surface area contributed by atoms with Crippen LogP contribution < -0.4 is 4.74 Å². The first-order chi connectivity index (χ1) is 13.1. The molecule has 0 heterocycles. The highest BCUT2D eigenvalue weighted by molar-refractivity contribution is 6.19. The summed E-state index contributed by atoms with van der Waals surface area (Å²) in [6, 6.07) is 6.64. The molecule has 27 heavy (non-hydrogen) atoms. The van der Waals surface area contributed by atoms with Crippen LogP contribution in [0.15, 0.2) is 24.3 Å². The van der Waals surface area contributed by atoms with E-state index in [-0.39, 0.29) is 5.56 Å². The molecule has 1 rings (SSSR count). The number of carbonyl (C=O) groups is 1. The number of hydrogen-bond acceptors (Lipinski definition) is 2. The third-order valence-electron chi connectivity index (χ3n) is 4.91. The molecule has 1 atom stereocenters. The van der Waals surface area contributed by atoms with Gasteiger partial charge in [0.05, 0.1) is 0 Å². The summed E-state index contributed by atoms with van der Waals surface area (Å²) in [6.07, 6.45) is 17.9. The molecule has 0 aliphatic carbocycles. The summed E-state index contributed by atoms with van der Waals surface area (Å²) in [4.78, 5) is 11.2. The molecule has 0 saturated carbocycles. The van der Waals surface area contributed by atoms with Gasteiger partial charge >= 0.3 is 5.97 Å². The van der Waals surface area contributed by atoms with Crippen LogP contribution in [0.5, 0.6) is 5.75 Å². The minimum Gasteiger partial charge on any atom is -0.478 e. The molecule has 0 amide bonds. The molecule has 0 aliphatic heterocycles. The van der Waals surface area contributed by atoms with E-state index in [9.17, 15) is 4.79 Å². The van der Waals surface area contributed by atoms with Gasteiger partial charge in [0.25, 0.3) is 0 Å². The lowest BCUT2D eigenvalue weighted by atomic mass is 10.0. The molecule has 0 bridgehead atoms. The topological polar surface area (TPSA) is 46.5 Å². The van der Waals surface area contributed by atoms with Crippen molar-refractivity contribution in [1.29, 1.82) is 0 Å². The lowest BCUT2D eigenvalue weighted by Crippen LogP contribution is -2.11. The zero-order chi connectivity index (χ0) is 19.7. The second-order valence-corrected chi connectivity index (χ2v) is 7.85. The fourth-order valence-electron chi connectivity index (χ4n) is 3.27. The number of para-hydroxylation sites is 1. The number of rotatable bonds is 17. The Kier molecular flexibility index (Phi) is 13.9. The first-order valence-electron chi connectivity index (χ1n) is 10.8. The molecule has 1 aromatic carbocycles. The van der Waals surface area contributed by atoms with E-state index in [1.165, 1.54) is 76.7 Å². The van der Waals surface area contributed by atoms with Crippen LogP contribution in [0.2, 0.25) is 0 Å². The van der Waals surface area contributed by atoms with Gasteiger partial charge in [-0.05, 0) is 25.0 Å². The summed E-state index contributed by atoms with van der Waals surface area (Å²) in [5.74, 6) is -0.643. The molecule has 4 heteroatoms. The average Bonchev–Trinajstić information content (AvgIpc) is 2.65. The predicted molar refractivity (Wildman–Crippen MR) is 114 cm³/mol. The standard InChI is InChI=1S/C23H37ClO3/c1-2-3-4-5-6-7-8-9-10-11-12-13-14-19-22(24)27-21-18-16-15-17-20(21)23(25)26/h15-18,22H,2-14,19H2,1H3,(H,25,26). The normalized spacial score (nSPS) is 12.1. The van der Waals surface area contributed by atoms with Gasteiger partial charge in [0, 0.05) is 0 Å². The number of ether oxygens (including phenoxy) is 1. The molecule has 0 radical (unpaired) electrons. The van der Waals surface area contributed by atoms with Gasteiger partial charge in [-0.1, -0.05) is 108 Å². The summed E-state index contributed by atoms with van der Waals surface area (Å²) in [5.41, 5.74) is -0.313. The van der Waals surface area contributed by atoms with Gasteiger partial charge in [-0.2, -0.15) is 0 Å². The Morgan fingerprint density at radius 1 is 0.889 bits per heavy atom. The lowest BCUT2D eigenvalue weighted by molar-refractivity contribution is 0.0691. The van der Waals surface area contributed by atoms with E-state index in [2.05, 4.69) is 6.92 Å². The Bertz CT molecular complexity index is 504. The van der Waals surface area contributed by atoms with E-state index in [4.69, 9.17) is 21.4 Å². The van der Waals surface area contributed by atoms with Crippen molar-refractivity contribution in [2.45, 2.75) is 102 Å². The van der Waals surface area contributed by atoms with Crippen molar-refractivity contribution in [3.8, 4) is 5.75 Å². The highest BCUT2D eigenvalue weighted by Gasteiger charge is 2.13. The van der Waals surface area contributed by atoms with Crippen LogP contribution in [0.25, 0.3) is 0 Å². The first-order valence-corrected chi connectivity index (χ1v) is 11.2. The number of aromatic carboxylic acids is 1. The van der Waals surface area contributed by atoms with Crippen LogP contribution in [-0.4, -0.2) is 16.6 Å². The third kappa shape index (κ3) is 12.0. The maximum absolute atomic E-state index is 11.2. The second-order valence-electron chi connectivity index (χ2n) is 7.36. The van der Waals surface area contributed by atoms with Crippen molar-refractivity contribution >= 4 is 17.6 Å². The van der Waals surface area contributed by atoms with E-state index in [0.717, 1.165) is 19.3 Å². The smallest absolute Gasteiger partial charge is 0.339 e. The Morgan fingerprint density at radius 3 is 1.89 bits per heavy atom. The quantitative estimate of drug-likeness (QED) is 0.215. The maximum atomic E-state index is 11.2. The molecule has 1 unspecified atom stereocenters. The van der Waals surface area contributed by atoms with Crippen molar-refractivity contribution in [3.05, 3.63) is 29.8 Å². The molecule has 1 N–H and O–H groups in total. The van der Waals surface area contributed by atoms with Gasteiger partial charge in [0.1, 0.15) is 11.3 Å². The number of hydrogen-bond donors (Lipinski definition) is 1. The van der Waals surface area contributed by atoms with Crippen molar-refractivity contribution in [2.24, 2.45) is 0 Å². The zero-order valence-corrected chi connectivity index (χ0v) is 17.7. The Morgan fingerprint density at radius 2 is 1.37 bits per heavy atom. The largest absolute Gasteiger partial charge is 0.478 e. The van der Waals surface area contributed by atoms with Gasteiger partial charge in [0.15, 0.2) is 5.56 Å². The third-order valence-corrected chi connectivity index (χ3v) is 5.21. The van der Waals surface area contributed by atoms with Crippen molar-refractivity contribution in [3.63, 3.8) is 0 Å². The molecule has 0 saturated heterocycles. The molecule has 0 aromatic heterocycles. The van der Waals surface area contributed by atoms with Gasteiger partial charge in [-0.15, -0.1) is 0 Å². The molecule has 0 fully saturated rings. The maximum Gasteiger partial charge on any atom is 0.339 e. The van der Waals surface area contributed by atoms with Crippen LogP contribution >= 0.6 is 11.6 Å².